The van der Waals surface area contributed by atoms with Gasteiger partial charge in [0.1, 0.15) is 11.5 Å². The molecule has 5 nitrogen and oxygen atoms in total. The number of benzene rings is 1. The first-order valence-electron chi connectivity index (χ1n) is 7.03. The number of carbonyl (C=O) groups excluding carboxylic acids is 1. The summed E-state index contributed by atoms with van der Waals surface area (Å²) in [5, 5.41) is 22.2. The monoisotopic (exact) mass is 278 g/mol. The minimum atomic E-state index is -0.423. The van der Waals surface area contributed by atoms with E-state index >= 15 is 0 Å². The van der Waals surface area contributed by atoms with Gasteiger partial charge in [0, 0.05) is 6.54 Å². The van der Waals surface area contributed by atoms with Crippen LogP contribution in [0.1, 0.15) is 43.0 Å². The molecule has 1 aliphatic rings. The van der Waals surface area contributed by atoms with E-state index in [1.165, 1.54) is 18.2 Å². The highest BCUT2D eigenvalue weighted by molar-refractivity contribution is 5.97. The molecule has 0 aliphatic heterocycles. The van der Waals surface area contributed by atoms with Crippen molar-refractivity contribution in [3.63, 3.8) is 0 Å². The lowest BCUT2D eigenvalue weighted by molar-refractivity contribution is 0.0810. The van der Waals surface area contributed by atoms with Gasteiger partial charge in [-0.05, 0) is 37.0 Å². The van der Waals surface area contributed by atoms with Crippen molar-refractivity contribution < 1.29 is 15.0 Å². The predicted molar refractivity (Wildman–Crippen MR) is 76.7 cm³/mol. The molecule has 1 aliphatic carbocycles. The third-order valence-corrected chi connectivity index (χ3v) is 4.40. The van der Waals surface area contributed by atoms with Crippen LogP contribution >= 0.6 is 0 Å². The fourth-order valence-electron chi connectivity index (χ4n) is 2.95. The van der Waals surface area contributed by atoms with E-state index in [0.717, 1.165) is 25.7 Å². The van der Waals surface area contributed by atoms with Crippen molar-refractivity contribution in [2.45, 2.75) is 38.1 Å². The number of phenolic OH excluding ortho intramolecular Hbond substituents is 2. The van der Waals surface area contributed by atoms with E-state index in [0.29, 0.717) is 12.5 Å². The minimum absolute atomic E-state index is 0.0496. The van der Waals surface area contributed by atoms with Crippen LogP contribution in [-0.4, -0.2) is 28.2 Å². The standard InChI is InChI=1S/C15H22N2O3/c1-10-4-2-3-7-15(10,9-16)17-14(20)12-8-11(18)5-6-13(12)19/h5-6,8,10,18-19H,2-4,7,9,16H2,1H3,(H,17,20). The van der Waals surface area contributed by atoms with Crippen molar-refractivity contribution in [1.82, 2.24) is 5.32 Å². The highest BCUT2D eigenvalue weighted by Gasteiger charge is 2.38. The normalized spacial score (nSPS) is 26.2. The number of nitrogens with two attached hydrogens (primary N) is 1. The molecule has 1 fully saturated rings. The summed E-state index contributed by atoms with van der Waals surface area (Å²) in [6, 6.07) is 3.92. The van der Waals surface area contributed by atoms with Gasteiger partial charge < -0.3 is 21.3 Å². The van der Waals surface area contributed by atoms with E-state index in [9.17, 15) is 15.0 Å². The van der Waals surface area contributed by atoms with E-state index < -0.39 is 11.4 Å². The van der Waals surface area contributed by atoms with Crippen LogP contribution < -0.4 is 11.1 Å². The maximum Gasteiger partial charge on any atom is 0.255 e. The average molecular weight is 278 g/mol. The Morgan fingerprint density at radius 3 is 2.85 bits per heavy atom. The van der Waals surface area contributed by atoms with Crippen LogP contribution in [0, 0.1) is 5.92 Å². The maximum absolute atomic E-state index is 12.4. The van der Waals surface area contributed by atoms with Crippen LogP contribution in [0.15, 0.2) is 18.2 Å². The highest BCUT2D eigenvalue weighted by atomic mass is 16.3. The Labute approximate surface area is 118 Å². The van der Waals surface area contributed by atoms with Crippen LogP contribution in [-0.2, 0) is 0 Å². The molecule has 0 saturated heterocycles. The zero-order chi connectivity index (χ0) is 14.8. The van der Waals surface area contributed by atoms with Crippen LogP contribution in [0.3, 0.4) is 0 Å². The first kappa shape index (κ1) is 14.7. The number of nitrogens with one attached hydrogen (secondary N) is 1. The summed E-state index contributed by atoms with van der Waals surface area (Å²) in [4.78, 5) is 12.4. The SMILES string of the molecule is CC1CCCCC1(CN)NC(=O)c1cc(O)ccc1O. The van der Waals surface area contributed by atoms with Gasteiger partial charge in [0.05, 0.1) is 11.1 Å². The second-order valence-electron chi connectivity index (χ2n) is 5.66. The summed E-state index contributed by atoms with van der Waals surface area (Å²) in [6.45, 7) is 2.47. The quantitative estimate of drug-likeness (QED) is 0.633. The number of phenols is 2. The zero-order valence-corrected chi connectivity index (χ0v) is 11.7. The predicted octanol–water partition coefficient (Wildman–Crippen LogP) is 1.74. The van der Waals surface area contributed by atoms with Gasteiger partial charge in [0.25, 0.3) is 5.91 Å². The molecule has 0 bridgehead atoms. The Balaban J connectivity index is 2.23. The van der Waals surface area contributed by atoms with Gasteiger partial charge >= 0.3 is 0 Å². The molecule has 1 aromatic carbocycles. The Morgan fingerprint density at radius 1 is 1.45 bits per heavy atom. The molecule has 5 N–H and O–H groups in total. The molecule has 0 heterocycles. The zero-order valence-electron chi connectivity index (χ0n) is 11.7. The molecule has 0 radical (unpaired) electrons. The Hall–Kier alpha value is -1.75. The summed E-state index contributed by atoms with van der Waals surface area (Å²) in [7, 11) is 0. The van der Waals surface area contributed by atoms with E-state index in [4.69, 9.17) is 5.73 Å². The van der Waals surface area contributed by atoms with Crippen LogP contribution in [0.25, 0.3) is 0 Å². The summed E-state index contributed by atoms with van der Waals surface area (Å²) in [6.07, 6.45) is 4.06. The molecule has 1 amide bonds. The number of hydrogen-bond donors (Lipinski definition) is 4. The van der Waals surface area contributed by atoms with E-state index in [1.807, 2.05) is 0 Å². The lowest BCUT2D eigenvalue weighted by Crippen LogP contribution is -2.59. The third kappa shape index (κ3) is 2.72. The second-order valence-corrected chi connectivity index (χ2v) is 5.66. The Kier molecular flexibility index (Phi) is 4.18. The average Bonchev–Trinajstić information content (AvgIpc) is 2.44. The van der Waals surface area contributed by atoms with Crippen LogP contribution in [0.5, 0.6) is 11.5 Å². The molecule has 2 rings (SSSR count). The second kappa shape index (κ2) is 5.71. The first-order chi connectivity index (χ1) is 9.48. The van der Waals surface area contributed by atoms with Gasteiger partial charge in [0.15, 0.2) is 0 Å². The molecule has 0 spiro atoms. The summed E-state index contributed by atoms with van der Waals surface area (Å²) in [5.74, 6) is -0.287. The number of rotatable bonds is 3. The van der Waals surface area contributed by atoms with Crippen LogP contribution in [0.4, 0.5) is 0 Å². The molecular weight excluding hydrogens is 256 g/mol. The number of aromatic hydroxyl groups is 2. The van der Waals surface area contributed by atoms with Gasteiger partial charge in [0.2, 0.25) is 0 Å². The van der Waals surface area contributed by atoms with Crippen molar-refractivity contribution in [3.8, 4) is 11.5 Å². The smallest absolute Gasteiger partial charge is 0.255 e. The Bertz CT molecular complexity index is 504. The molecule has 5 heteroatoms. The van der Waals surface area contributed by atoms with Crippen molar-refractivity contribution in [2.75, 3.05) is 6.54 Å². The fourth-order valence-corrected chi connectivity index (χ4v) is 2.95. The molecule has 110 valence electrons. The minimum Gasteiger partial charge on any atom is -0.508 e. The number of amides is 1. The topological polar surface area (TPSA) is 95.6 Å². The van der Waals surface area contributed by atoms with Gasteiger partial charge in [-0.3, -0.25) is 4.79 Å². The molecule has 20 heavy (non-hydrogen) atoms. The largest absolute Gasteiger partial charge is 0.508 e. The molecule has 1 saturated carbocycles. The molecule has 1 aromatic rings. The third-order valence-electron chi connectivity index (χ3n) is 4.40. The van der Waals surface area contributed by atoms with E-state index in [1.54, 1.807) is 0 Å². The lowest BCUT2D eigenvalue weighted by atomic mass is 9.73. The first-order valence-corrected chi connectivity index (χ1v) is 7.03. The van der Waals surface area contributed by atoms with Crippen molar-refractivity contribution in [3.05, 3.63) is 23.8 Å². The number of carbonyl (C=O) groups is 1. The van der Waals surface area contributed by atoms with Crippen molar-refractivity contribution >= 4 is 5.91 Å². The highest BCUT2D eigenvalue weighted by Crippen LogP contribution is 2.33. The van der Waals surface area contributed by atoms with E-state index in [-0.39, 0.29) is 17.1 Å². The lowest BCUT2D eigenvalue weighted by Gasteiger charge is -2.42. The van der Waals surface area contributed by atoms with Gasteiger partial charge in [-0.25, -0.2) is 0 Å². The molecule has 0 aromatic heterocycles. The van der Waals surface area contributed by atoms with Crippen molar-refractivity contribution in [1.29, 1.82) is 0 Å². The molecular formula is C15H22N2O3. The van der Waals surface area contributed by atoms with E-state index in [2.05, 4.69) is 12.2 Å². The van der Waals surface area contributed by atoms with Gasteiger partial charge in [-0.1, -0.05) is 19.8 Å². The maximum atomic E-state index is 12.4. The molecule has 2 unspecified atom stereocenters. The molecule has 2 atom stereocenters. The fraction of sp³-hybridized carbons (Fsp3) is 0.533. The number of hydrogen-bond acceptors (Lipinski definition) is 4. The van der Waals surface area contributed by atoms with Gasteiger partial charge in [-0.15, -0.1) is 0 Å². The Morgan fingerprint density at radius 2 is 2.20 bits per heavy atom. The summed E-state index contributed by atoms with van der Waals surface area (Å²) in [5.41, 5.74) is 5.55. The summed E-state index contributed by atoms with van der Waals surface area (Å²) < 4.78 is 0. The van der Waals surface area contributed by atoms with Crippen molar-refractivity contribution in [2.24, 2.45) is 11.7 Å². The van der Waals surface area contributed by atoms with Crippen LogP contribution in [0.2, 0.25) is 0 Å². The summed E-state index contributed by atoms with van der Waals surface area (Å²) >= 11 is 0. The van der Waals surface area contributed by atoms with Gasteiger partial charge in [-0.2, -0.15) is 0 Å².